The Kier molecular flexibility index (Phi) is 5.94. The van der Waals surface area contributed by atoms with E-state index in [1.165, 1.54) is 11.3 Å². The highest BCUT2D eigenvalue weighted by atomic mass is 16.1. The zero-order chi connectivity index (χ0) is 22.6. The molecule has 1 saturated heterocycles. The van der Waals surface area contributed by atoms with Crippen molar-refractivity contribution in [3.8, 4) is 0 Å². The van der Waals surface area contributed by atoms with Gasteiger partial charge in [-0.25, -0.2) is 4.98 Å². The van der Waals surface area contributed by atoms with Crippen LogP contribution in [0, 0.1) is 6.92 Å². The van der Waals surface area contributed by atoms with Crippen molar-refractivity contribution in [2.75, 3.05) is 36.0 Å². The number of aryl methyl sites for hydroxylation is 1. The molecule has 0 aliphatic carbocycles. The first-order valence-corrected chi connectivity index (χ1v) is 11.4. The molecule has 2 heterocycles. The maximum Gasteiger partial charge on any atom is 0.251 e. The lowest BCUT2D eigenvalue weighted by Crippen LogP contribution is -2.46. The number of nitrogens with one attached hydrogen (secondary N) is 1. The summed E-state index contributed by atoms with van der Waals surface area (Å²) in [5, 5.41) is 5.17. The second-order valence-electron chi connectivity index (χ2n) is 8.55. The minimum Gasteiger partial charge on any atom is -0.368 e. The van der Waals surface area contributed by atoms with Crippen LogP contribution in [0.15, 0.2) is 85.1 Å². The summed E-state index contributed by atoms with van der Waals surface area (Å²) in [5.41, 5.74) is 4.21. The molecule has 0 unspecified atom stereocenters. The third kappa shape index (κ3) is 4.67. The first kappa shape index (κ1) is 21.0. The van der Waals surface area contributed by atoms with E-state index in [9.17, 15) is 4.79 Å². The quantitative estimate of drug-likeness (QED) is 0.488. The smallest absolute Gasteiger partial charge is 0.251 e. The van der Waals surface area contributed by atoms with E-state index in [-0.39, 0.29) is 5.91 Å². The highest BCUT2D eigenvalue weighted by Gasteiger charge is 2.20. The highest BCUT2D eigenvalue weighted by Crippen LogP contribution is 2.27. The number of carbonyl (C=O) groups excluding carboxylic acids is 1. The standard InChI is InChI=1S/C28H28N4O/c1-21-6-5-7-22(18-21)20-30-28(33)24-11-10-23-12-13-29-27(26(23)19-24)32-16-14-31(15-17-32)25-8-3-2-4-9-25/h2-13,18-19H,14-17,20H2,1H3,(H,30,33). The third-order valence-electron chi connectivity index (χ3n) is 6.24. The van der Waals surface area contributed by atoms with Gasteiger partial charge in [-0.15, -0.1) is 0 Å². The maximum absolute atomic E-state index is 12.9. The Labute approximate surface area is 194 Å². The molecule has 5 heteroatoms. The molecule has 0 radical (unpaired) electrons. The van der Waals surface area contributed by atoms with Crippen molar-refractivity contribution >= 4 is 28.2 Å². The van der Waals surface area contributed by atoms with Crippen molar-refractivity contribution in [2.24, 2.45) is 0 Å². The van der Waals surface area contributed by atoms with Gasteiger partial charge in [0.2, 0.25) is 0 Å². The Balaban J connectivity index is 1.33. The van der Waals surface area contributed by atoms with Gasteiger partial charge in [0.25, 0.3) is 5.91 Å². The first-order chi connectivity index (χ1) is 16.2. The number of carbonyl (C=O) groups is 1. The molecule has 1 N–H and O–H groups in total. The summed E-state index contributed by atoms with van der Waals surface area (Å²) in [6.45, 7) is 6.25. The zero-order valence-electron chi connectivity index (χ0n) is 18.9. The van der Waals surface area contributed by atoms with E-state index >= 15 is 0 Å². The summed E-state index contributed by atoms with van der Waals surface area (Å²) >= 11 is 0. The topological polar surface area (TPSA) is 48.5 Å². The Morgan fingerprint density at radius 3 is 2.45 bits per heavy atom. The minimum absolute atomic E-state index is 0.0675. The molecule has 4 aromatic rings. The van der Waals surface area contributed by atoms with E-state index in [0.29, 0.717) is 12.1 Å². The van der Waals surface area contributed by atoms with Crippen LogP contribution in [0.3, 0.4) is 0 Å². The summed E-state index contributed by atoms with van der Waals surface area (Å²) in [4.78, 5) is 22.3. The molecule has 5 nitrogen and oxygen atoms in total. The van der Waals surface area contributed by atoms with Gasteiger partial charge in [0.15, 0.2) is 0 Å². The molecule has 1 aromatic heterocycles. The molecule has 0 atom stereocenters. The second-order valence-corrected chi connectivity index (χ2v) is 8.55. The van der Waals surface area contributed by atoms with Crippen LogP contribution in [0.1, 0.15) is 21.5 Å². The van der Waals surface area contributed by atoms with Crippen LogP contribution in [0.5, 0.6) is 0 Å². The molecule has 0 saturated carbocycles. The second kappa shape index (κ2) is 9.33. The molecule has 33 heavy (non-hydrogen) atoms. The van der Waals surface area contributed by atoms with E-state index in [4.69, 9.17) is 4.98 Å². The predicted molar refractivity (Wildman–Crippen MR) is 135 cm³/mol. The minimum atomic E-state index is -0.0675. The Morgan fingerprint density at radius 2 is 1.67 bits per heavy atom. The van der Waals surface area contributed by atoms with Crippen molar-refractivity contribution in [1.82, 2.24) is 10.3 Å². The number of rotatable bonds is 5. The van der Waals surface area contributed by atoms with E-state index in [0.717, 1.165) is 48.3 Å². The summed E-state index contributed by atoms with van der Waals surface area (Å²) in [6, 6.07) is 26.6. The number of aromatic nitrogens is 1. The lowest BCUT2D eigenvalue weighted by molar-refractivity contribution is 0.0951. The molecule has 1 fully saturated rings. The van der Waals surface area contributed by atoms with Crippen LogP contribution in [0.2, 0.25) is 0 Å². The van der Waals surface area contributed by atoms with Crippen molar-refractivity contribution in [3.63, 3.8) is 0 Å². The lowest BCUT2D eigenvalue weighted by atomic mass is 10.1. The van der Waals surface area contributed by atoms with E-state index in [1.807, 2.05) is 42.6 Å². The number of para-hydroxylation sites is 1. The average molecular weight is 437 g/mol. The van der Waals surface area contributed by atoms with Gasteiger partial charge in [-0.1, -0.05) is 54.1 Å². The number of hydrogen-bond acceptors (Lipinski definition) is 4. The summed E-state index contributed by atoms with van der Waals surface area (Å²) in [6.07, 6.45) is 1.86. The largest absolute Gasteiger partial charge is 0.368 e. The van der Waals surface area contributed by atoms with Crippen LogP contribution in [0.4, 0.5) is 11.5 Å². The monoisotopic (exact) mass is 436 g/mol. The Bertz CT molecular complexity index is 1260. The third-order valence-corrected chi connectivity index (χ3v) is 6.24. The molecular weight excluding hydrogens is 408 g/mol. The van der Waals surface area contributed by atoms with Crippen LogP contribution in [-0.2, 0) is 6.54 Å². The molecule has 0 bridgehead atoms. The number of hydrogen-bond donors (Lipinski definition) is 1. The van der Waals surface area contributed by atoms with Crippen molar-refractivity contribution in [3.05, 3.63) is 102 Å². The number of piperazine rings is 1. The number of amides is 1. The van der Waals surface area contributed by atoms with Crippen LogP contribution >= 0.6 is 0 Å². The normalized spacial score (nSPS) is 13.8. The number of fused-ring (bicyclic) bond motifs is 1. The molecule has 1 amide bonds. The van der Waals surface area contributed by atoms with E-state index in [1.54, 1.807) is 0 Å². The fraction of sp³-hybridized carbons (Fsp3) is 0.214. The number of pyridine rings is 1. The fourth-order valence-electron chi connectivity index (χ4n) is 4.47. The predicted octanol–water partition coefficient (Wildman–Crippen LogP) is 4.80. The molecule has 5 rings (SSSR count). The first-order valence-electron chi connectivity index (χ1n) is 11.4. The molecule has 3 aromatic carbocycles. The van der Waals surface area contributed by atoms with E-state index < -0.39 is 0 Å². The summed E-state index contributed by atoms with van der Waals surface area (Å²) in [5.74, 6) is 0.885. The molecule has 1 aliphatic rings. The number of anilines is 2. The molecule has 0 spiro atoms. The SMILES string of the molecule is Cc1cccc(CNC(=O)c2ccc3ccnc(N4CCN(c5ccccc5)CC4)c3c2)c1. The molecule has 1 aliphatic heterocycles. The van der Waals surface area contributed by atoms with Crippen LogP contribution in [0.25, 0.3) is 10.8 Å². The lowest BCUT2D eigenvalue weighted by Gasteiger charge is -2.37. The summed E-state index contributed by atoms with van der Waals surface area (Å²) in [7, 11) is 0. The van der Waals surface area contributed by atoms with Gasteiger partial charge in [-0.3, -0.25) is 4.79 Å². The van der Waals surface area contributed by atoms with Crippen molar-refractivity contribution < 1.29 is 4.79 Å². The van der Waals surface area contributed by atoms with Gasteiger partial charge in [-0.2, -0.15) is 0 Å². The van der Waals surface area contributed by atoms with E-state index in [2.05, 4.69) is 64.5 Å². The highest BCUT2D eigenvalue weighted by molar-refractivity contribution is 6.01. The van der Waals surface area contributed by atoms with Gasteiger partial charge in [0, 0.05) is 55.6 Å². The number of benzene rings is 3. The zero-order valence-corrected chi connectivity index (χ0v) is 18.9. The summed E-state index contributed by atoms with van der Waals surface area (Å²) < 4.78 is 0. The van der Waals surface area contributed by atoms with Crippen LogP contribution in [-0.4, -0.2) is 37.1 Å². The van der Waals surface area contributed by atoms with Gasteiger partial charge >= 0.3 is 0 Å². The molecule has 166 valence electrons. The number of nitrogens with zero attached hydrogens (tertiary/aromatic N) is 3. The Morgan fingerprint density at radius 1 is 0.879 bits per heavy atom. The fourth-order valence-corrected chi connectivity index (χ4v) is 4.47. The Hall–Kier alpha value is -3.86. The van der Waals surface area contributed by atoms with Gasteiger partial charge in [0.1, 0.15) is 5.82 Å². The van der Waals surface area contributed by atoms with Gasteiger partial charge in [0.05, 0.1) is 0 Å². The van der Waals surface area contributed by atoms with Gasteiger partial charge in [-0.05, 0) is 48.2 Å². The molecular formula is C28H28N4O. The van der Waals surface area contributed by atoms with Crippen LogP contribution < -0.4 is 15.1 Å². The maximum atomic E-state index is 12.9. The van der Waals surface area contributed by atoms with Crippen molar-refractivity contribution in [1.29, 1.82) is 0 Å². The van der Waals surface area contributed by atoms with Gasteiger partial charge < -0.3 is 15.1 Å². The van der Waals surface area contributed by atoms with Crippen molar-refractivity contribution in [2.45, 2.75) is 13.5 Å². The average Bonchev–Trinajstić information content (AvgIpc) is 2.87.